The molecule has 1 atom stereocenters. The lowest BCUT2D eigenvalue weighted by Gasteiger charge is -2.15. The van der Waals surface area contributed by atoms with Gasteiger partial charge in [-0.15, -0.1) is 11.3 Å². The van der Waals surface area contributed by atoms with Gasteiger partial charge in [0.25, 0.3) is 0 Å². The summed E-state index contributed by atoms with van der Waals surface area (Å²) in [5.41, 5.74) is 3.78. The Morgan fingerprint density at radius 3 is 3.00 bits per heavy atom. The average molecular weight is 298 g/mol. The zero-order chi connectivity index (χ0) is 13.7. The Morgan fingerprint density at radius 2 is 2.37 bits per heavy atom. The maximum absolute atomic E-state index is 5.90. The fourth-order valence-corrected chi connectivity index (χ4v) is 2.48. The van der Waals surface area contributed by atoms with Gasteiger partial charge in [-0.3, -0.25) is 11.3 Å². The number of ether oxygens (including phenoxy) is 1. The molecule has 0 aliphatic rings. The molecule has 6 heteroatoms. The van der Waals surface area contributed by atoms with Crippen LogP contribution in [0.1, 0.15) is 10.7 Å². The molecule has 0 saturated carbocycles. The Hall–Kier alpha value is -1.14. The van der Waals surface area contributed by atoms with E-state index in [1.54, 1.807) is 17.4 Å². The number of benzene rings is 1. The van der Waals surface area contributed by atoms with E-state index in [1.807, 2.05) is 30.5 Å². The van der Waals surface area contributed by atoms with Gasteiger partial charge < -0.3 is 4.74 Å². The van der Waals surface area contributed by atoms with E-state index in [1.165, 1.54) is 0 Å². The van der Waals surface area contributed by atoms with Crippen molar-refractivity contribution in [3.63, 3.8) is 0 Å². The molecule has 0 bridgehead atoms. The smallest absolute Gasteiger partial charge is 0.120 e. The molecule has 0 aliphatic carbocycles. The Bertz CT molecular complexity index is 532. The number of aryl methyl sites for hydroxylation is 1. The summed E-state index contributed by atoms with van der Waals surface area (Å²) >= 11 is 7.53. The minimum Gasteiger partial charge on any atom is -0.492 e. The van der Waals surface area contributed by atoms with E-state index < -0.39 is 0 Å². The van der Waals surface area contributed by atoms with Crippen molar-refractivity contribution in [2.75, 3.05) is 6.61 Å². The van der Waals surface area contributed by atoms with Gasteiger partial charge in [0, 0.05) is 16.8 Å². The van der Waals surface area contributed by atoms with Crippen LogP contribution >= 0.6 is 22.9 Å². The predicted octanol–water partition coefficient (Wildman–Crippen LogP) is 2.56. The van der Waals surface area contributed by atoms with E-state index in [9.17, 15) is 0 Å². The van der Waals surface area contributed by atoms with Gasteiger partial charge in [0.1, 0.15) is 12.4 Å². The molecule has 1 heterocycles. The lowest BCUT2D eigenvalue weighted by molar-refractivity contribution is 0.263. The number of thiazole rings is 1. The standard InChI is InChI=1S/C13H16ClN3OS/c1-9-16-12(8-19-9)6-11(17-15)7-18-13-4-2-3-10(14)5-13/h2-5,8,11,17H,6-7,15H2,1H3. The summed E-state index contributed by atoms with van der Waals surface area (Å²) in [4.78, 5) is 4.41. The van der Waals surface area contributed by atoms with Crippen LogP contribution in [0.2, 0.25) is 5.02 Å². The molecule has 0 amide bonds. The molecule has 3 N–H and O–H groups in total. The molecule has 2 rings (SSSR count). The fraction of sp³-hybridized carbons (Fsp3) is 0.308. The first-order valence-electron chi connectivity index (χ1n) is 5.93. The highest BCUT2D eigenvalue weighted by Crippen LogP contribution is 2.17. The zero-order valence-corrected chi connectivity index (χ0v) is 12.2. The Kier molecular flexibility index (Phi) is 5.15. The molecule has 19 heavy (non-hydrogen) atoms. The first-order valence-corrected chi connectivity index (χ1v) is 7.18. The second-order valence-electron chi connectivity index (χ2n) is 4.19. The third-order valence-corrected chi connectivity index (χ3v) is 3.66. The number of halogens is 1. The Labute approximate surface area is 121 Å². The molecular formula is C13H16ClN3OS. The molecule has 0 spiro atoms. The van der Waals surface area contributed by atoms with Crippen molar-refractivity contribution < 1.29 is 4.74 Å². The van der Waals surface area contributed by atoms with Crippen molar-refractivity contribution in [2.24, 2.45) is 5.84 Å². The van der Waals surface area contributed by atoms with Crippen LogP contribution in [0, 0.1) is 6.92 Å². The number of nitrogens with zero attached hydrogens (tertiary/aromatic N) is 1. The highest BCUT2D eigenvalue weighted by Gasteiger charge is 2.11. The summed E-state index contributed by atoms with van der Waals surface area (Å²) in [5.74, 6) is 6.28. The highest BCUT2D eigenvalue weighted by atomic mass is 35.5. The molecule has 0 fully saturated rings. The number of hydrogen-bond acceptors (Lipinski definition) is 5. The van der Waals surface area contributed by atoms with Gasteiger partial charge in [-0.1, -0.05) is 17.7 Å². The van der Waals surface area contributed by atoms with Crippen LogP contribution in [0.15, 0.2) is 29.6 Å². The maximum Gasteiger partial charge on any atom is 0.120 e. The van der Waals surface area contributed by atoms with Gasteiger partial charge >= 0.3 is 0 Å². The minimum absolute atomic E-state index is 0.0143. The van der Waals surface area contributed by atoms with Gasteiger partial charge in [-0.25, -0.2) is 4.98 Å². The van der Waals surface area contributed by atoms with Crippen LogP contribution in [-0.4, -0.2) is 17.6 Å². The van der Waals surface area contributed by atoms with Crippen LogP contribution in [-0.2, 0) is 6.42 Å². The topological polar surface area (TPSA) is 60.2 Å². The SMILES string of the molecule is Cc1nc(CC(COc2cccc(Cl)c2)NN)cs1. The lowest BCUT2D eigenvalue weighted by atomic mass is 10.2. The second kappa shape index (κ2) is 6.86. The Balaban J connectivity index is 1.89. The molecule has 4 nitrogen and oxygen atoms in total. The number of hydrogen-bond donors (Lipinski definition) is 2. The largest absolute Gasteiger partial charge is 0.492 e. The van der Waals surface area contributed by atoms with E-state index >= 15 is 0 Å². The van der Waals surface area contributed by atoms with Crippen LogP contribution in [0.3, 0.4) is 0 Å². The van der Waals surface area contributed by atoms with Crippen molar-refractivity contribution in [3.8, 4) is 5.75 Å². The molecule has 1 aromatic carbocycles. The van der Waals surface area contributed by atoms with Crippen molar-refractivity contribution in [1.29, 1.82) is 0 Å². The first-order chi connectivity index (χ1) is 9.17. The predicted molar refractivity (Wildman–Crippen MR) is 78.6 cm³/mol. The highest BCUT2D eigenvalue weighted by molar-refractivity contribution is 7.09. The summed E-state index contributed by atoms with van der Waals surface area (Å²) in [6, 6.07) is 7.33. The number of hydrazine groups is 1. The van der Waals surface area contributed by atoms with E-state index in [-0.39, 0.29) is 6.04 Å². The summed E-state index contributed by atoms with van der Waals surface area (Å²) in [5, 5.41) is 3.76. The molecule has 102 valence electrons. The molecule has 0 radical (unpaired) electrons. The van der Waals surface area contributed by atoms with Crippen molar-refractivity contribution in [1.82, 2.24) is 10.4 Å². The lowest BCUT2D eigenvalue weighted by Crippen LogP contribution is -2.41. The normalized spacial score (nSPS) is 12.4. The molecule has 1 aromatic heterocycles. The third kappa shape index (κ3) is 4.47. The quantitative estimate of drug-likeness (QED) is 0.635. The van der Waals surface area contributed by atoms with Crippen molar-refractivity contribution in [3.05, 3.63) is 45.4 Å². The Morgan fingerprint density at radius 1 is 1.53 bits per heavy atom. The maximum atomic E-state index is 5.90. The molecule has 0 saturated heterocycles. The monoisotopic (exact) mass is 297 g/mol. The van der Waals surface area contributed by atoms with Crippen molar-refractivity contribution >= 4 is 22.9 Å². The first kappa shape index (κ1) is 14.3. The summed E-state index contributed by atoms with van der Waals surface area (Å²) in [6.45, 7) is 2.45. The van der Waals surface area contributed by atoms with Gasteiger partial charge in [-0.2, -0.15) is 0 Å². The molecule has 1 unspecified atom stereocenters. The van der Waals surface area contributed by atoms with Gasteiger partial charge in [0.15, 0.2) is 0 Å². The van der Waals surface area contributed by atoms with Crippen LogP contribution < -0.4 is 16.0 Å². The van der Waals surface area contributed by atoms with Crippen LogP contribution in [0.25, 0.3) is 0 Å². The average Bonchev–Trinajstić information content (AvgIpc) is 2.80. The number of aromatic nitrogens is 1. The minimum atomic E-state index is 0.0143. The van der Waals surface area contributed by atoms with E-state index in [2.05, 4.69) is 10.4 Å². The molecule has 0 aliphatic heterocycles. The van der Waals surface area contributed by atoms with E-state index in [0.29, 0.717) is 11.6 Å². The van der Waals surface area contributed by atoms with E-state index in [4.69, 9.17) is 22.2 Å². The summed E-state index contributed by atoms with van der Waals surface area (Å²) in [6.07, 6.45) is 0.738. The summed E-state index contributed by atoms with van der Waals surface area (Å²) in [7, 11) is 0. The second-order valence-corrected chi connectivity index (χ2v) is 5.69. The third-order valence-electron chi connectivity index (χ3n) is 2.61. The van der Waals surface area contributed by atoms with Crippen molar-refractivity contribution in [2.45, 2.75) is 19.4 Å². The van der Waals surface area contributed by atoms with Gasteiger partial charge in [0.2, 0.25) is 0 Å². The zero-order valence-electron chi connectivity index (χ0n) is 10.6. The van der Waals surface area contributed by atoms with Gasteiger partial charge in [0.05, 0.1) is 16.7 Å². The molecular weight excluding hydrogens is 282 g/mol. The fourth-order valence-electron chi connectivity index (χ4n) is 1.67. The van der Waals surface area contributed by atoms with Crippen LogP contribution in [0.4, 0.5) is 0 Å². The number of nitrogens with one attached hydrogen (secondary N) is 1. The van der Waals surface area contributed by atoms with Gasteiger partial charge in [-0.05, 0) is 25.1 Å². The number of rotatable bonds is 6. The number of nitrogens with two attached hydrogens (primary N) is 1. The van der Waals surface area contributed by atoms with Crippen LogP contribution in [0.5, 0.6) is 5.75 Å². The molecule has 2 aromatic rings. The summed E-state index contributed by atoms with van der Waals surface area (Å²) < 4.78 is 5.67. The van der Waals surface area contributed by atoms with E-state index in [0.717, 1.165) is 22.9 Å².